The summed E-state index contributed by atoms with van der Waals surface area (Å²) in [7, 11) is 0. The molecule has 1 saturated heterocycles. The van der Waals surface area contributed by atoms with E-state index in [0.717, 1.165) is 51.3 Å². The van der Waals surface area contributed by atoms with Crippen LogP contribution in [0.5, 0.6) is 0 Å². The van der Waals surface area contributed by atoms with Crippen LogP contribution in [-0.2, 0) is 13.0 Å². The quantitative estimate of drug-likeness (QED) is 0.920. The number of anilines is 1. The molecule has 0 bridgehead atoms. The van der Waals surface area contributed by atoms with E-state index in [1.54, 1.807) is 6.20 Å². The van der Waals surface area contributed by atoms with Crippen LogP contribution in [0.4, 0.5) is 5.82 Å². The zero-order chi connectivity index (χ0) is 17.5. The van der Waals surface area contributed by atoms with Crippen LogP contribution in [0.2, 0.25) is 0 Å². The molecule has 1 saturated carbocycles. The molecule has 2 aliphatic heterocycles. The molecule has 1 amide bonds. The predicted octanol–water partition coefficient (Wildman–Crippen LogP) is 2.22. The fourth-order valence-electron chi connectivity index (χ4n) is 4.14. The zero-order valence-electron chi connectivity index (χ0n) is 14.9. The van der Waals surface area contributed by atoms with Gasteiger partial charge in [0.1, 0.15) is 5.82 Å². The minimum atomic E-state index is 0.0263. The van der Waals surface area contributed by atoms with Crippen LogP contribution in [0.1, 0.15) is 34.3 Å². The van der Waals surface area contributed by atoms with Gasteiger partial charge in [-0.1, -0.05) is 30.3 Å². The van der Waals surface area contributed by atoms with Gasteiger partial charge in [-0.3, -0.25) is 9.69 Å². The number of hydrogen-bond acceptors (Lipinski definition) is 4. The summed E-state index contributed by atoms with van der Waals surface area (Å²) >= 11 is 0. The minimum absolute atomic E-state index is 0.0263. The smallest absolute Gasteiger partial charge is 0.253 e. The largest absolute Gasteiger partial charge is 0.350 e. The Morgan fingerprint density at radius 1 is 1.19 bits per heavy atom. The molecule has 1 aromatic carbocycles. The first-order chi connectivity index (χ1) is 12.8. The molecule has 1 unspecified atom stereocenters. The normalized spacial score (nSPS) is 22.0. The van der Waals surface area contributed by atoms with Crippen LogP contribution in [0, 0.1) is 0 Å². The van der Waals surface area contributed by atoms with Gasteiger partial charge >= 0.3 is 0 Å². The molecule has 1 aromatic heterocycles. The maximum absolute atomic E-state index is 12.3. The van der Waals surface area contributed by atoms with Crippen molar-refractivity contribution in [2.45, 2.75) is 37.9 Å². The molecule has 134 valence electrons. The molecule has 3 heterocycles. The molecule has 0 radical (unpaired) electrons. The van der Waals surface area contributed by atoms with Gasteiger partial charge in [0.2, 0.25) is 0 Å². The SMILES string of the molecule is O=C(NC1CC1)c1cnc2c(c1)CC1CN(Cc3ccccc3)CCN21. The Balaban J connectivity index is 1.28. The van der Waals surface area contributed by atoms with Crippen LogP contribution in [0.3, 0.4) is 0 Å². The van der Waals surface area contributed by atoms with Gasteiger partial charge in [0.05, 0.1) is 5.56 Å². The molecule has 2 fully saturated rings. The average molecular weight is 348 g/mol. The zero-order valence-corrected chi connectivity index (χ0v) is 14.9. The Hall–Kier alpha value is -2.40. The molecule has 1 N–H and O–H groups in total. The highest BCUT2D eigenvalue weighted by atomic mass is 16.1. The Bertz CT molecular complexity index is 818. The molecule has 5 nitrogen and oxygen atoms in total. The lowest BCUT2D eigenvalue weighted by molar-refractivity contribution is 0.0950. The Kier molecular flexibility index (Phi) is 3.89. The average Bonchev–Trinajstić information content (AvgIpc) is 3.40. The number of benzene rings is 1. The summed E-state index contributed by atoms with van der Waals surface area (Å²) in [4.78, 5) is 21.9. The highest BCUT2D eigenvalue weighted by Gasteiger charge is 2.35. The van der Waals surface area contributed by atoms with Crippen LogP contribution >= 0.6 is 0 Å². The Morgan fingerprint density at radius 3 is 2.85 bits per heavy atom. The van der Waals surface area contributed by atoms with E-state index in [0.29, 0.717) is 17.6 Å². The van der Waals surface area contributed by atoms with Crippen LogP contribution < -0.4 is 10.2 Å². The van der Waals surface area contributed by atoms with Crippen molar-refractivity contribution in [1.29, 1.82) is 0 Å². The second kappa shape index (κ2) is 6.40. The van der Waals surface area contributed by atoms with Crippen molar-refractivity contribution in [3.63, 3.8) is 0 Å². The van der Waals surface area contributed by atoms with E-state index in [2.05, 4.69) is 56.5 Å². The maximum atomic E-state index is 12.3. The number of carbonyl (C=O) groups is 1. The highest BCUT2D eigenvalue weighted by molar-refractivity contribution is 5.94. The molecular formula is C21H24N4O. The summed E-state index contributed by atoms with van der Waals surface area (Å²) in [6, 6.07) is 13.6. The molecule has 5 heteroatoms. The summed E-state index contributed by atoms with van der Waals surface area (Å²) in [6.07, 6.45) is 4.95. The van der Waals surface area contributed by atoms with Gasteiger partial charge in [-0.05, 0) is 36.5 Å². The lowest BCUT2D eigenvalue weighted by Crippen LogP contribution is -2.51. The van der Waals surface area contributed by atoms with Gasteiger partial charge in [-0.15, -0.1) is 0 Å². The van der Waals surface area contributed by atoms with Crippen molar-refractivity contribution in [2.24, 2.45) is 0 Å². The van der Waals surface area contributed by atoms with E-state index in [-0.39, 0.29) is 5.91 Å². The number of nitrogens with zero attached hydrogens (tertiary/aromatic N) is 3. The number of pyridine rings is 1. The van der Waals surface area contributed by atoms with Crippen LogP contribution in [-0.4, -0.2) is 47.5 Å². The fourth-order valence-corrected chi connectivity index (χ4v) is 4.14. The van der Waals surface area contributed by atoms with Gasteiger partial charge in [0.25, 0.3) is 5.91 Å². The highest BCUT2D eigenvalue weighted by Crippen LogP contribution is 2.33. The first kappa shape index (κ1) is 15.8. The molecule has 0 spiro atoms. The number of fused-ring (bicyclic) bond motifs is 3. The van der Waals surface area contributed by atoms with Gasteiger partial charge in [0.15, 0.2) is 0 Å². The summed E-state index contributed by atoms with van der Waals surface area (Å²) in [5, 5.41) is 3.06. The van der Waals surface area contributed by atoms with Gasteiger partial charge < -0.3 is 10.2 Å². The second-order valence-corrected chi connectivity index (χ2v) is 7.73. The number of aromatic nitrogens is 1. The lowest BCUT2D eigenvalue weighted by Gasteiger charge is -2.38. The lowest BCUT2D eigenvalue weighted by atomic mass is 10.1. The van der Waals surface area contributed by atoms with Crippen molar-refractivity contribution in [1.82, 2.24) is 15.2 Å². The van der Waals surface area contributed by atoms with E-state index >= 15 is 0 Å². The van der Waals surface area contributed by atoms with Gasteiger partial charge in [-0.2, -0.15) is 0 Å². The molecule has 1 atom stereocenters. The van der Waals surface area contributed by atoms with E-state index < -0.39 is 0 Å². The summed E-state index contributed by atoms with van der Waals surface area (Å²) < 4.78 is 0. The topological polar surface area (TPSA) is 48.5 Å². The number of rotatable bonds is 4. The fraction of sp³-hybridized carbons (Fsp3) is 0.429. The monoisotopic (exact) mass is 348 g/mol. The number of carbonyl (C=O) groups excluding carboxylic acids is 1. The molecule has 26 heavy (non-hydrogen) atoms. The molecule has 3 aliphatic rings. The van der Waals surface area contributed by atoms with Crippen molar-refractivity contribution >= 4 is 11.7 Å². The summed E-state index contributed by atoms with van der Waals surface area (Å²) in [6.45, 7) is 4.11. The summed E-state index contributed by atoms with van der Waals surface area (Å²) in [5.41, 5.74) is 3.30. The Labute approximate surface area is 154 Å². The van der Waals surface area contributed by atoms with E-state index in [9.17, 15) is 4.79 Å². The maximum Gasteiger partial charge on any atom is 0.253 e. The van der Waals surface area contributed by atoms with Crippen molar-refractivity contribution in [2.75, 3.05) is 24.5 Å². The standard InChI is InChI=1S/C21H24N4O/c26-21(23-18-6-7-18)17-10-16-11-19-14-24(13-15-4-2-1-3-5-15)8-9-25(19)20(16)22-12-17/h1-5,10,12,18-19H,6-9,11,13-14H2,(H,23,26). The number of hydrogen-bond donors (Lipinski definition) is 1. The number of amides is 1. The summed E-state index contributed by atoms with van der Waals surface area (Å²) in [5.74, 6) is 1.11. The van der Waals surface area contributed by atoms with Crippen molar-refractivity contribution in [3.05, 3.63) is 59.3 Å². The van der Waals surface area contributed by atoms with E-state index in [1.807, 2.05) is 0 Å². The molecule has 5 rings (SSSR count). The van der Waals surface area contributed by atoms with Gasteiger partial charge in [-0.25, -0.2) is 4.98 Å². The third-order valence-corrected chi connectivity index (χ3v) is 5.66. The van der Waals surface area contributed by atoms with E-state index in [4.69, 9.17) is 0 Å². The van der Waals surface area contributed by atoms with Gasteiger partial charge in [0, 0.05) is 44.5 Å². The first-order valence-electron chi connectivity index (χ1n) is 9.59. The van der Waals surface area contributed by atoms with Crippen molar-refractivity contribution < 1.29 is 4.79 Å². The Morgan fingerprint density at radius 2 is 2.04 bits per heavy atom. The molecule has 1 aliphatic carbocycles. The third-order valence-electron chi connectivity index (χ3n) is 5.66. The molecule has 2 aromatic rings. The van der Waals surface area contributed by atoms with E-state index in [1.165, 1.54) is 11.1 Å². The number of piperazine rings is 1. The molecular weight excluding hydrogens is 324 g/mol. The third kappa shape index (κ3) is 3.07. The van der Waals surface area contributed by atoms with Crippen LogP contribution in [0.25, 0.3) is 0 Å². The number of nitrogens with one attached hydrogen (secondary N) is 1. The van der Waals surface area contributed by atoms with Crippen molar-refractivity contribution in [3.8, 4) is 0 Å². The van der Waals surface area contributed by atoms with Crippen LogP contribution in [0.15, 0.2) is 42.6 Å². The minimum Gasteiger partial charge on any atom is -0.350 e. The predicted molar refractivity (Wildman–Crippen MR) is 101 cm³/mol. The first-order valence-corrected chi connectivity index (χ1v) is 9.59. The second-order valence-electron chi connectivity index (χ2n) is 7.73.